The van der Waals surface area contributed by atoms with Crippen molar-refractivity contribution < 1.29 is 0 Å². The maximum atomic E-state index is 3.18. The van der Waals surface area contributed by atoms with Crippen LogP contribution >= 0.6 is 0 Å². The fourth-order valence-corrected chi connectivity index (χ4v) is 1.74. The van der Waals surface area contributed by atoms with Crippen molar-refractivity contribution in [3.63, 3.8) is 0 Å². The molecule has 1 atom stereocenters. The first-order valence-corrected chi connectivity index (χ1v) is 6.03. The van der Waals surface area contributed by atoms with E-state index in [9.17, 15) is 0 Å². The van der Waals surface area contributed by atoms with E-state index < -0.39 is 0 Å². The minimum Gasteiger partial charge on any atom is -0.388 e. The zero-order chi connectivity index (χ0) is 11.1. The van der Waals surface area contributed by atoms with E-state index in [0.717, 1.165) is 5.92 Å². The predicted octanol–water partition coefficient (Wildman–Crippen LogP) is 4.10. The van der Waals surface area contributed by atoms with Crippen LogP contribution in [0.15, 0.2) is 24.3 Å². The monoisotopic (exact) mass is 205 g/mol. The van der Waals surface area contributed by atoms with E-state index in [1.54, 1.807) is 0 Å². The highest BCUT2D eigenvalue weighted by molar-refractivity contribution is 5.44. The Bertz CT molecular complexity index is 280. The molecular weight excluding hydrogens is 182 g/mol. The molecule has 0 saturated heterocycles. The molecule has 0 aliphatic rings. The lowest BCUT2D eigenvalue weighted by atomic mass is 9.99. The zero-order valence-electron chi connectivity index (χ0n) is 10.2. The molecule has 1 nitrogen and oxygen atoms in total. The van der Waals surface area contributed by atoms with Crippen LogP contribution in [-0.4, -0.2) is 7.05 Å². The molecule has 0 bridgehead atoms. The summed E-state index contributed by atoms with van der Waals surface area (Å²) in [6.07, 6.45) is 5.17. The van der Waals surface area contributed by atoms with Gasteiger partial charge in [-0.1, -0.05) is 38.8 Å². The third-order valence-electron chi connectivity index (χ3n) is 3.07. The molecule has 0 aliphatic carbocycles. The minimum absolute atomic E-state index is 0.873. The molecule has 0 saturated carbocycles. The summed E-state index contributed by atoms with van der Waals surface area (Å²) < 4.78 is 0. The van der Waals surface area contributed by atoms with Crippen molar-refractivity contribution in [2.75, 3.05) is 12.4 Å². The number of rotatable bonds is 6. The van der Waals surface area contributed by atoms with Gasteiger partial charge >= 0.3 is 0 Å². The van der Waals surface area contributed by atoms with Crippen molar-refractivity contribution in [3.05, 3.63) is 29.8 Å². The maximum Gasteiger partial charge on any atom is 0.0340 e. The molecular formula is C14H23N. The summed E-state index contributed by atoms with van der Waals surface area (Å²) in [5.74, 6) is 0.873. The molecule has 0 unspecified atom stereocenters. The van der Waals surface area contributed by atoms with E-state index >= 15 is 0 Å². The Morgan fingerprint density at radius 3 is 2.80 bits per heavy atom. The van der Waals surface area contributed by atoms with Gasteiger partial charge in [0.2, 0.25) is 0 Å². The smallest absolute Gasteiger partial charge is 0.0340 e. The average Bonchev–Trinajstić information content (AvgIpc) is 2.29. The summed E-state index contributed by atoms with van der Waals surface area (Å²) >= 11 is 0. The van der Waals surface area contributed by atoms with Gasteiger partial charge in [-0.2, -0.15) is 0 Å². The SMILES string of the molecule is CC[C@@H](C)CCCc1cccc(NC)c1. The predicted molar refractivity (Wildman–Crippen MR) is 68.4 cm³/mol. The maximum absolute atomic E-state index is 3.18. The lowest BCUT2D eigenvalue weighted by Crippen LogP contribution is -1.95. The molecule has 1 heteroatoms. The molecule has 1 aromatic carbocycles. The topological polar surface area (TPSA) is 12.0 Å². The van der Waals surface area contributed by atoms with Crippen LogP contribution in [0.3, 0.4) is 0 Å². The molecule has 1 aromatic rings. The van der Waals surface area contributed by atoms with E-state index in [2.05, 4.69) is 43.4 Å². The van der Waals surface area contributed by atoms with Crippen molar-refractivity contribution in [1.29, 1.82) is 0 Å². The molecule has 0 fully saturated rings. The number of hydrogen-bond donors (Lipinski definition) is 1. The van der Waals surface area contributed by atoms with Crippen LogP contribution < -0.4 is 5.32 Å². The molecule has 84 valence electrons. The Morgan fingerprint density at radius 1 is 1.33 bits per heavy atom. The molecule has 0 heterocycles. The lowest BCUT2D eigenvalue weighted by Gasteiger charge is -2.08. The van der Waals surface area contributed by atoms with Gasteiger partial charge in [-0.3, -0.25) is 0 Å². The summed E-state index contributed by atoms with van der Waals surface area (Å²) in [5, 5.41) is 3.18. The third-order valence-corrected chi connectivity index (χ3v) is 3.07. The summed E-state index contributed by atoms with van der Waals surface area (Å²) in [4.78, 5) is 0. The van der Waals surface area contributed by atoms with Gasteiger partial charge in [0.05, 0.1) is 0 Å². The van der Waals surface area contributed by atoms with Crippen LogP contribution in [0.1, 0.15) is 38.7 Å². The highest BCUT2D eigenvalue weighted by Gasteiger charge is 1.99. The fraction of sp³-hybridized carbons (Fsp3) is 0.571. The first kappa shape index (κ1) is 12.1. The molecule has 1 N–H and O–H groups in total. The second-order valence-electron chi connectivity index (χ2n) is 4.36. The second kappa shape index (κ2) is 6.49. The van der Waals surface area contributed by atoms with Crippen molar-refractivity contribution in [1.82, 2.24) is 0 Å². The first-order chi connectivity index (χ1) is 7.26. The van der Waals surface area contributed by atoms with Crippen LogP contribution in [0, 0.1) is 5.92 Å². The van der Waals surface area contributed by atoms with E-state index in [0.29, 0.717) is 0 Å². The summed E-state index contributed by atoms with van der Waals surface area (Å²) in [5.41, 5.74) is 2.67. The summed E-state index contributed by atoms with van der Waals surface area (Å²) in [7, 11) is 1.97. The molecule has 1 rings (SSSR count). The first-order valence-electron chi connectivity index (χ1n) is 6.03. The van der Waals surface area contributed by atoms with Gasteiger partial charge < -0.3 is 5.32 Å². The Kier molecular flexibility index (Phi) is 5.23. The quantitative estimate of drug-likeness (QED) is 0.737. The standard InChI is InChI=1S/C14H23N/c1-4-12(2)7-5-8-13-9-6-10-14(11-13)15-3/h6,9-12,15H,4-5,7-8H2,1-3H3/t12-/m1/s1. The van der Waals surface area contributed by atoms with Crippen LogP contribution in [0.25, 0.3) is 0 Å². The normalized spacial score (nSPS) is 12.5. The van der Waals surface area contributed by atoms with Crippen molar-refractivity contribution in [3.8, 4) is 0 Å². The number of benzene rings is 1. The molecule has 0 aromatic heterocycles. The Balaban J connectivity index is 2.37. The summed E-state index contributed by atoms with van der Waals surface area (Å²) in [6, 6.07) is 8.71. The molecule has 0 amide bonds. The Morgan fingerprint density at radius 2 is 2.13 bits per heavy atom. The van der Waals surface area contributed by atoms with Crippen molar-refractivity contribution >= 4 is 5.69 Å². The molecule has 15 heavy (non-hydrogen) atoms. The van der Waals surface area contributed by atoms with E-state index in [1.807, 2.05) is 7.05 Å². The van der Waals surface area contributed by atoms with Gasteiger partial charge in [-0.25, -0.2) is 0 Å². The van der Waals surface area contributed by atoms with Crippen LogP contribution in [0.2, 0.25) is 0 Å². The third kappa shape index (κ3) is 4.37. The van der Waals surface area contributed by atoms with E-state index in [1.165, 1.54) is 36.9 Å². The van der Waals surface area contributed by atoms with Crippen LogP contribution in [0.5, 0.6) is 0 Å². The highest BCUT2D eigenvalue weighted by Crippen LogP contribution is 2.15. The second-order valence-corrected chi connectivity index (χ2v) is 4.36. The largest absolute Gasteiger partial charge is 0.388 e. The van der Waals surface area contributed by atoms with Crippen molar-refractivity contribution in [2.24, 2.45) is 5.92 Å². The minimum atomic E-state index is 0.873. The average molecular weight is 205 g/mol. The van der Waals surface area contributed by atoms with E-state index in [4.69, 9.17) is 0 Å². The van der Waals surface area contributed by atoms with Gasteiger partial charge in [0.25, 0.3) is 0 Å². The fourth-order valence-electron chi connectivity index (χ4n) is 1.74. The zero-order valence-corrected chi connectivity index (χ0v) is 10.2. The number of aryl methyl sites for hydroxylation is 1. The van der Waals surface area contributed by atoms with Gasteiger partial charge in [0.1, 0.15) is 0 Å². The number of hydrogen-bond acceptors (Lipinski definition) is 1. The Hall–Kier alpha value is -0.980. The molecule has 0 spiro atoms. The molecule has 0 radical (unpaired) electrons. The summed E-state index contributed by atoms with van der Waals surface area (Å²) in [6.45, 7) is 4.61. The number of anilines is 1. The van der Waals surface area contributed by atoms with Gasteiger partial charge in [-0.05, 0) is 36.5 Å². The van der Waals surface area contributed by atoms with Gasteiger partial charge in [0.15, 0.2) is 0 Å². The van der Waals surface area contributed by atoms with Crippen molar-refractivity contribution in [2.45, 2.75) is 39.5 Å². The number of nitrogens with one attached hydrogen (secondary N) is 1. The lowest BCUT2D eigenvalue weighted by molar-refractivity contribution is 0.496. The molecule has 0 aliphatic heterocycles. The van der Waals surface area contributed by atoms with E-state index in [-0.39, 0.29) is 0 Å². The Labute approximate surface area is 93.9 Å². The van der Waals surface area contributed by atoms with Gasteiger partial charge in [-0.15, -0.1) is 0 Å². The van der Waals surface area contributed by atoms with Crippen LogP contribution in [0.4, 0.5) is 5.69 Å². The van der Waals surface area contributed by atoms with Crippen LogP contribution in [-0.2, 0) is 6.42 Å². The highest BCUT2D eigenvalue weighted by atomic mass is 14.8. The van der Waals surface area contributed by atoms with Gasteiger partial charge in [0, 0.05) is 12.7 Å².